The number of sulfone groups is 1. The van der Waals surface area contributed by atoms with Crippen LogP contribution in [-0.4, -0.2) is 74.0 Å². The Kier molecular flexibility index (Phi) is 7.18. The van der Waals surface area contributed by atoms with Crippen molar-refractivity contribution in [2.75, 3.05) is 38.8 Å². The van der Waals surface area contributed by atoms with Gasteiger partial charge in [0, 0.05) is 38.7 Å². The molecule has 10 heteroatoms. The standard InChI is InChI=1S/C15H28N6O3S/c1-4-13-19-14-6-5-12(11-21(14)20-13)18-15(16-2)17-7-8-24-9-10-25(3,22)23/h12H,4-11H2,1-3H3,(H2,16,17,18). The molecule has 0 aliphatic carbocycles. The van der Waals surface area contributed by atoms with Gasteiger partial charge in [-0.3, -0.25) is 4.99 Å². The Morgan fingerprint density at radius 3 is 2.92 bits per heavy atom. The van der Waals surface area contributed by atoms with Crippen molar-refractivity contribution in [3.63, 3.8) is 0 Å². The van der Waals surface area contributed by atoms with E-state index in [1.54, 1.807) is 7.05 Å². The summed E-state index contributed by atoms with van der Waals surface area (Å²) in [6.45, 7) is 4.03. The van der Waals surface area contributed by atoms with Gasteiger partial charge in [-0.15, -0.1) is 0 Å². The second-order valence-corrected chi connectivity index (χ2v) is 8.36. The Hall–Kier alpha value is -1.68. The number of aryl methyl sites for hydroxylation is 2. The highest BCUT2D eigenvalue weighted by Crippen LogP contribution is 2.13. The Balaban J connectivity index is 1.70. The number of nitrogens with one attached hydrogen (secondary N) is 2. The molecule has 0 bridgehead atoms. The molecule has 0 aromatic carbocycles. The summed E-state index contributed by atoms with van der Waals surface area (Å²) >= 11 is 0. The van der Waals surface area contributed by atoms with Crippen LogP contribution in [0.4, 0.5) is 0 Å². The van der Waals surface area contributed by atoms with Crippen molar-refractivity contribution in [3.8, 4) is 0 Å². The van der Waals surface area contributed by atoms with Gasteiger partial charge in [-0.1, -0.05) is 6.92 Å². The normalized spacial score (nSPS) is 18.0. The van der Waals surface area contributed by atoms with E-state index in [1.165, 1.54) is 6.26 Å². The summed E-state index contributed by atoms with van der Waals surface area (Å²) in [5.74, 6) is 2.69. The fourth-order valence-electron chi connectivity index (χ4n) is 2.57. The molecule has 0 radical (unpaired) electrons. The zero-order chi connectivity index (χ0) is 18.3. The van der Waals surface area contributed by atoms with E-state index in [-0.39, 0.29) is 18.4 Å². The van der Waals surface area contributed by atoms with E-state index in [2.05, 4.69) is 32.6 Å². The Morgan fingerprint density at radius 2 is 2.24 bits per heavy atom. The van der Waals surface area contributed by atoms with Gasteiger partial charge in [0.25, 0.3) is 0 Å². The van der Waals surface area contributed by atoms with E-state index in [0.29, 0.717) is 19.1 Å². The molecular weight excluding hydrogens is 344 g/mol. The molecule has 25 heavy (non-hydrogen) atoms. The van der Waals surface area contributed by atoms with Crippen molar-refractivity contribution >= 4 is 15.8 Å². The highest BCUT2D eigenvalue weighted by atomic mass is 32.2. The fourth-order valence-corrected chi connectivity index (χ4v) is 2.99. The quantitative estimate of drug-likeness (QED) is 0.355. The van der Waals surface area contributed by atoms with Crippen molar-refractivity contribution in [1.29, 1.82) is 0 Å². The van der Waals surface area contributed by atoms with E-state index in [4.69, 9.17) is 4.74 Å². The maximum absolute atomic E-state index is 11.0. The van der Waals surface area contributed by atoms with Gasteiger partial charge in [0.05, 0.1) is 25.5 Å². The summed E-state index contributed by atoms with van der Waals surface area (Å²) in [5.41, 5.74) is 0. The van der Waals surface area contributed by atoms with E-state index in [9.17, 15) is 8.42 Å². The molecule has 1 aromatic rings. The van der Waals surface area contributed by atoms with Gasteiger partial charge in [0.2, 0.25) is 0 Å². The summed E-state index contributed by atoms with van der Waals surface area (Å²) in [6, 6.07) is 0.247. The second kappa shape index (κ2) is 9.14. The Labute approximate surface area is 149 Å². The molecular formula is C15H28N6O3S. The molecule has 1 aromatic heterocycles. The zero-order valence-electron chi connectivity index (χ0n) is 15.2. The SMILES string of the molecule is CCc1nc2n(n1)CC(NC(=NC)NCCOCCS(C)(=O)=O)CC2. The smallest absolute Gasteiger partial charge is 0.191 e. The number of ether oxygens (including phenoxy) is 1. The minimum Gasteiger partial charge on any atom is -0.379 e. The van der Waals surface area contributed by atoms with Crippen LogP contribution in [0.25, 0.3) is 0 Å². The molecule has 0 saturated heterocycles. The first-order valence-corrected chi connectivity index (χ1v) is 10.6. The molecule has 9 nitrogen and oxygen atoms in total. The molecule has 1 aliphatic rings. The Morgan fingerprint density at radius 1 is 1.44 bits per heavy atom. The predicted molar refractivity (Wildman–Crippen MR) is 96.5 cm³/mol. The number of hydrogen-bond acceptors (Lipinski definition) is 6. The summed E-state index contributed by atoms with van der Waals surface area (Å²) in [7, 11) is -1.25. The predicted octanol–water partition coefficient (Wildman–Crippen LogP) is -0.618. The van der Waals surface area contributed by atoms with Gasteiger partial charge < -0.3 is 15.4 Å². The van der Waals surface area contributed by atoms with Crippen LogP contribution in [0, 0.1) is 0 Å². The second-order valence-electron chi connectivity index (χ2n) is 6.10. The number of aliphatic imine (C=N–C) groups is 1. The molecule has 0 saturated carbocycles. The van der Waals surface area contributed by atoms with Crippen molar-refractivity contribution in [2.45, 2.75) is 38.8 Å². The van der Waals surface area contributed by atoms with Crippen LogP contribution in [0.15, 0.2) is 4.99 Å². The summed E-state index contributed by atoms with van der Waals surface area (Å²) < 4.78 is 29.3. The molecule has 142 valence electrons. The fraction of sp³-hybridized carbons (Fsp3) is 0.800. The lowest BCUT2D eigenvalue weighted by molar-refractivity contribution is 0.154. The minimum absolute atomic E-state index is 0.0437. The van der Waals surface area contributed by atoms with E-state index >= 15 is 0 Å². The first-order chi connectivity index (χ1) is 11.9. The molecule has 2 rings (SSSR count). The third kappa shape index (κ3) is 6.62. The van der Waals surface area contributed by atoms with Gasteiger partial charge in [-0.25, -0.2) is 18.1 Å². The minimum atomic E-state index is -2.97. The van der Waals surface area contributed by atoms with E-state index in [0.717, 1.165) is 37.5 Å². The van der Waals surface area contributed by atoms with E-state index in [1.807, 2.05) is 4.68 Å². The maximum Gasteiger partial charge on any atom is 0.191 e. The number of rotatable bonds is 8. The summed E-state index contributed by atoms with van der Waals surface area (Å²) in [4.78, 5) is 8.73. The molecule has 2 heterocycles. The van der Waals surface area contributed by atoms with Crippen LogP contribution >= 0.6 is 0 Å². The van der Waals surface area contributed by atoms with E-state index < -0.39 is 9.84 Å². The van der Waals surface area contributed by atoms with Crippen molar-refractivity contribution < 1.29 is 13.2 Å². The van der Waals surface area contributed by atoms with Crippen LogP contribution in [-0.2, 0) is 34.0 Å². The molecule has 2 N–H and O–H groups in total. The lowest BCUT2D eigenvalue weighted by Gasteiger charge is -2.25. The molecule has 0 amide bonds. The van der Waals surface area contributed by atoms with Gasteiger partial charge in [-0.2, -0.15) is 5.10 Å². The maximum atomic E-state index is 11.0. The van der Waals surface area contributed by atoms with Crippen LogP contribution in [0.2, 0.25) is 0 Å². The monoisotopic (exact) mass is 372 g/mol. The molecule has 0 fully saturated rings. The largest absolute Gasteiger partial charge is 0.379 e. The number of guanidine groups is 1. The van der Waals surface area contributed by atoms with Crippen LogP contribution in [0.3, 0.4) is 0 Å². The van der Waals surface area contributed by atoms with Gasteiger partial charge in [0.15, 0.2) is 11.8 Å². The van der Waals surface area contributed by atoms with Gasteiger partial charge >= 0.3 is 0 Å². The number of nitrogens with zero attached hydrogens (tertiary/aromatic N) is 4. The van der Waals surface area contributed by atoms with Gasteiger partial charge in [0.1, 0.15) is 15.7 Å². The summed E-state index contributed by atoms with van der Waals surface area (Å²) in [5, 5.41) is 11.1. The average molecular weight is 372 g/mol. The lowest BCUT2D eigenvalue weighted by Crippen LogP contribution is -2.47. The highest BCUT2D eigenvalue weighted by Gasteiger charge is 2.21. The van der Waals surface area contributed by atoms with Crippen LogP contribution < -0.4 is 10.6 Å². The molecule has 1 atom stereocenters. The number of hydrogen-bond donors (Lipinski definition) is 2. The van der Waals surface area contributed by atoms with Crippen molar-refractivity contribution in [1.82, 2.24) is 25.4 Å². The summed E-state index contributed by atoms with van der Waals surface area (Å²) in [6.07, 6.45) is 3.93. The van der Waals surface area contributed by atoms with Crippen LogP contribution in [0.1, 0.15) is 25.0 Å². The van der Waals surface area contributed by atoms with Gasteiger partial charge in [-0.05, 0) is 6.42 Å². The topological polar surface area (TPSA) is 110 Å². The lowest BCUT2D eigenvalue weighted by atomic mass is 10.1. The zero-order valence-corrected chi connectivity index (χ0v) is 16.0. The third-order valence-electron chi connectivity index (χ3n) is 3.92. The number of aromatic nitrogens is 3. The Bertz CT molecular complexity index is 685. The first-order valence-electron chi connectivity index (χ1n) is 8.56. The van der Waals surface area contributed by atoms with Crippen LogP contribution in [0.5, 0.6) is 0 Å². The molecule has 0 spiro atoms. The molecule has 1 unspecified atom stereocenters. The molecule has 1 aliphatic heterocycles. The van der Waals surface area contributed by atoms with Crippen molar-refractivity contribution in [3.05, 3.63) is 11.6 Å². The highest BCUT2D eigenvalue weighted by molar-refractivity contribution is 7.90. The van der Waals surface area contributed by atoms with Crippen molar-refractivity contribution in [2.24, 2.45) is 4.99 Å². The average Bonchev–Trinajstić information content (AvgIpc) is 2.98. The first kappa shape index (κ1) is 19.6. The number of fused-ring (bicyclic) bond motifs is 1. The third-order valence-corrected chi connectivity index (χ3v) is 4.83.